The number of carbonyl (C=O) groups is 1. The van der Waals surface area contributed by atoms with Gasteiger partial charge in [0.2, 0.25) is 0 Å². The molecule has 1 N–H and O–H groups in total. The summed E-state index contributed by atoms with van der Waals surface area (Å²) in [5.41, 5.74) is 0.543. The summed E-state index contributed by atoms with van der Waals surface area (Å²) < 4.78 is 0. The Morgan fingerprint density at radius 3 is 2.78 bits per heavy atom. The summed E-state index contributed by atoms with van der Waals surface area (Å²) in [5, 5.41) is 5.28. The Labute approximate surface area is 113 Å². The van der Waals surface area contributed by atoms with Gasteiger partial charge in [0, 0.05) is 6.04 Å². The highest BCUT2D eigenvalue weighted by Gasteiger charge is 2.59. The van der Waals surface area contributed by atoms with E-state index in [9.17, 15) is 4.79 Å². The highest BCUT2D eigenvalue weighted by molar-refractivity contribution is 7.12. The largest absolute Gasteiger partial charge is 0.348 e. The molecule has 0 aliphatic heterocycles. The summed E-state index contributed by atoms with van der Waals surface area (Å²) in [7, 11) is 0. The number of hydrogen-bond donors (Lipinski definition) is 1. The first-order valence-corrected chi connectivity index (χ1v) is 7.66. The van der Waals surface area contributed by atoms with E-state index in [0.717, 1.165) is 10.8 Å². The van der Waals surface area contributed by atoms with Crippen LogP contribution in [0.25, 0.3) is 0 Å². The zero-order valence-electron chi connectivity index (χ0n) is 11.3. The van der Waals surface area contributed by atoms with Crippen LogP contribution in [0.15, 0.2) is 17.5 Å². The predicted octanol–water partition coefficient (Wildman–Crippen LogP) is 3.69. The van der Waals surface area contributed by atoms with Gasteiger partial charge in [-0.3, -0.25) is 4.79 Å². The van der Waals surface area contributed by atoms with Crippen molar-refractivity contribution in [2.45, 2.75) is 46.1 Å². The topological polar surface area (TPSA) is 29.1 Å². The Hall–Kier alpha value is -0.830. The van der Waals surface area contributed by atoms with Gasteiger partial charge in [-0.15, -0.1) is 11.3 Å². The summed E-state index contributed by atoms with van der Waals surface area (Å²) in [5.74, 6) is 0.882. The van der Waals surface area contributed by atoms with Gasteiger partial charge in [0.1, 0.15) is 0 Å². The van der Waals surface area contributed by atoms with Crippen molar-refractivity contribution in [3.8, 4) is 0 Å². The minimum atomic E-state index is 0.108. The van der Waals surface area contributed by atoms with Crippen molar-refractivity contribution in [3.05, 3.63) is 22.4 Å². The first kappa shape index (κ1) is 12.2. The first-order valence-electron chi connectivity index (χ1n) is 6.78. The number of nitrogens with one attached hydrogen (secondary N) is 1. The molecule has 2 fully saturated rings. The van der Waals surface area contributed by atoms with Gasteiger partial charge in [0.15, 0.2) is 0 Å². The summed E-state index contributed by atoms with van der Waals surface area (Å²) >= 11 is 1.52. The molecule has 1 aromatic rings. The van der Waals surface area contributed by atoms with Crippen LogP contribution >= 0.6 is 11.3 Å². The number of carbonyl (C=O) groups excluding carboxylic acids is 1. The zero-order valence-corrected chi connectivity index (χ0v) is 12.1. The third-order valence-corrected chi connectivity index (χ3v) is 6.16. The molecule has 2 saturated carbocycles. The Kier molecular flexibility index (Phi) is 2.60. The smallest absolute Gasteiger partial charge is 0.261 e. The van der Waals surface area contributed by atoms with Crippen LogP contribution in [0.1, 0.15) is 49.7 Å². The number of hydrogen-bond acceptors (Lipinski definition) is 2. The maximum absolute atomic E-state index is 12.3. The van der Waals surface area contributed by atoms with Crippen LogP contribution in [0.3, 0.4) is 0 Å². The molecule has 2 bridgehead atoms. The van der Waals surface area contributed by atoms with Gasteiger partial charge in [-0.2, -0.15) is 0 Å². The van der Waals surface area contributed by atoms with E-state index in [4.69, 9.17) is 0 Å². The highest BCUT2D eigenvalue weighted by atomic mass is 32.1. The van der Waals surface area contributed by atoms with Crippen molar-refractivity contribution in [1.29, 1.82) is 0 Å². The van der Waals surface area contributed by atoms with Crippen LogP contribution in [-0.4, -0.2) is 11.9 Å². The second-order valence-electron chi connectivity index (χ2n) is 6.80. The fraction of sp³-hybridized carbons (Fsp3) is 0.667. The molecule has 0 unspecified atom stereocenters. The molecule has 98 valence electrons. The average Bonchev–Trinajstić information content (AvgIpc) is 2.96. The second kappa shape index (κ2) is 3.83. The zero-order chi connectivity index (χ0) is 13.0. The normalized spacial score (nSPS) is 36.8. The van der Waals surface area contributed by atoms with Crippen molar-refractivity contribution in [2.75, 3.05) is 0 Å². The van der Waals surface area contributed by atoms with E-state index in [-0.39, 0.29) is 11.3 Å². The van der Waals surface area contributed by atoms with Crippen molar-refractivity contribution in [2.24, 2.45) is 16.7 Å². The van der Waals surface area contributed by atoms with E-state index in [1.807, 2.05) is 17.5 Å². The molecule has 0 saturated heterocycles. The quantitative estimate of drug-likeness (QED) is 0.866. The molecular formula is C15H21NOS. The van der Waals surface area contributed by atoms with Crippen LogP contribution < -0.4 is 5.32 Å². The number of fused-ring (bicyclic) bond motifs is 2. The fourth-order valence-electron chi connectivity index (χ4n) is 4.27. The lowest BCUT2D eigenvalue weighted by Gasteiger charge is -2.43. The molecule has 2 aliphatic carbocycles. The summed E-state index contributed by atoms with van der Waals surface area (Å²) in [6, 6.07) is 4.16. The van der Waals surface area contributed by atoms with E-state index in [1.165, 1.54) is 30.6 Å². The average molecular weight is 263 g/mol. The van der Waals surface area contributed by atoms with Gasteiger partial charge in [-0.05, 0) is 47.5 Å². The number of rotatable bonds is 2. The van der Waals surface area contributed by atoms with Gasteiger partial charge in [-0.1, -0.05) is 26.8 Å². The standard InChI is InChI=1S/C15H21NOS/c1-14(2)10-6-7-15(3,9-10)13(14)16-12(17)11-5-4-8-18-11/h4-5,8,10,13H,6-7,9H2,1-3H3,(H,16,17)/t10-,13-,15+/m0/s1. The van der Waals surface area contributed by atoms with Gasteiger partial charge in [0.25, 0.3) is 5.91 Å². The first-order chi connectivity index (χ1) is 8.43. The molecule has 1 heterocycles. The van der Waals surface area contributed by atoms with Crippen LogP contribution in [0.4, 0.5) is 0 Å². The lowest BCUT2D eigenvalue weighted by molar-refractivity contribution is 0.0741. The van der Waals surface area contributed by atoms with Gasteiger partial charge < -0.3 is 5.32 Å². The molecule has 3 rings (SSSR count). The Morgan fingerprint density at radius 2 is 2.22 bits per heavy atom. The Balaban J connectivity index is 1.82. The van der Waals surface area contributed by atoms with Crippen LogP contribution in [0.5, 0.6) is 0 Å². The van der Waals surface area contributed by atoms with E-state index < -0.39 is 0 Å². The van der Waals surface area contributed by atoms with Crippen molar-refractivity contribution in [3.63, 3.8) is 0 Å². The summed E-state index contributed by atoms with van der Waals surface area (Å²) in [4.78, 5) is 13.1. The van der Waals surface area contributed by atoms with E-state index in [0.29, 0.717) is 11.5 Å². The summed E-state index contributed by atoms with van der Waals surface area (Å²) in [6.45, 7) is 6.99. The van der Waals surface area contributed by atoms with Gasteiger partial charge in [0.05, 0.1) is 4.88 Å². The number of thiophene rings is 1. The van der Waals surface area contributed by atoms with Gasteiger partial charge >= 0.3 is 0 Å². The maximum atomic E-state index is 12.3. The second-order valence-corrected chi connectivity index (χ2v) is 7.75. The molecule has 1 amide bonds. The van der Waals surface area contributed by atoms with Crippen molar-refractivity contribution < 1.29 is 4.79 Å². The van der Waals surface area contributed by atoms with Crippen molar-refractivity contribution >= 4 is 17.2 Å². The molecule has 3 heteroatoms. The van der Waals surface area contributed by atoms with E-state index in [2.05, 4.69) is 26.1 Å². The fourth-order valence-corrected chi connectivity index (χ4v) is 4.90. The molecule has 0 aromatic carbocycles. The highest BCUT2D eigenvalue weighted by Crippen LogP contribution is 2.62. The number of amides is 1. The SMILES string of the molecule is CC1(C)[C@H]2CC[C@](C)(C2)[C@H]1NC(=O)c1cccs1. The maximum Gasteiger partial charge on any atom is 0.261 e. The molecular weight excluding hydrogens is 242 g/mol. The van der Waals surface area contributed by atoms with Crippen LogP contribution in [0, 0.1) is 16.7 Å². The van der Waals surface area contributed by atoms with Crippen molar-refractivity contribution in [1.82, 2.24) is 5.32 Å². The lowest BCUT2D eigenvalue weighted by Crippen LogP contribution is -2.52. The van der Waals surface area contributed by atoms with Crippen LogP contribution in [0.2, 0.25) is 0 Å². The third kappa shape index (κ3) is 1.63. The molecule has 0 radical (unpaired) electrons. The summed E-state index contributed by atoms with van der Waals surface area (Å²) in [6.07, 6.45) is 3.86. The molecule has 18 heavy (non-hydrogen) atoms. The van der Waals surface area contributed by atoms with Crippen LogP contribution in [-0.2, 0) is 0 Å². The minimum Gasteiger partial charge on any atom is -0.348 e. The lowest BCUT2D eigenvalue weighted by atomic mass is 9.68. The molecule has 1 aromatic heterocycles. The molecule has 3 atom stereocenters. The van der Waals surface area contributed by atoms with E-state index >= 15 is 0 Å². The molecule has 0 spiro atoms. The molecule has 2 nitrogen and oxygen atoms in total. The Bertz CT molecular complexity index is 460. The predicted molar refractivity (Wildman–Crippen MR) is 74.8 cm³/mol. The van der Waals surface area contributed by atoms with Gasteiger partial charge in [-0.25, -0.2) is 0 Å². The molecule has 2 aliphatic rings. The third-order valence-electron chi connectivity index (χ3n) is 5.29. The minimum absolute atomic E-state index is 0.108. The monoisotopic (exact) mass is 263 g/mol. The van der Waals surface area contributed by atoms with E-state index in [1.54, 1.807) is 0 Å². The Morgan fingerprint density at radius 1 is 1.44 bits per heavy atom.